The Morgan fingerprint density at radius 1 is 1.33 bits per heavy atom. The van der Waals surface area contributed by atoms with Crippen molar-refractivity contribution in [1.29, 1.82) is 0 Å². The van der Waals surface area contributed by atoms with Gasteiger partial charge in [-0.25, -0.2) is 4.39 Å². The number of aliphatic hydroxyl groups excluding tert-OH is 1. The first-order chi connectivity index (χ1) is 7.24. The second-order valence-corrected chi connectivity index (χ2v) is 3.65. The van der Waals surface area contributed by atoms with Gasteiger partial charge in [-0.05, 0) is 56.1 Å². The van der Waals surface area contributed by atoms with Crippen LogP contribution < -0.4 is 5.32 Å². The Kier molecular flexibility index (Phi) is 5.29. The molecule has 0 aromatic heterocycles. The van der Waals surface area contributed by atoms with Crippen LogP contribution in [0.1, 0.15) is 17.5 Å². The van der Waals surface area contributed by atoms with Crippen LogP contribution in [0.4, 0.5) is 4.39 Å². The van der Waals surface area contributed by atoms with Crippen molar-refractivity contribution in [3.8, 4) is 0 Å². The third-order valence-corrected chi connectivity index (χ3v) is 2.39. The summed E-state index contributed by atoms with van der Waals surface area (Å²) in [6.45, 7) is 3.85. The summed E-state index contributed by atoms with van der Waals surface area (Å²) in [5, 5.41) is 11.8. The molecule has 0 fully saturated rings. The van der Waals surface area contributed by atoms with Crippen LogP contribution in [0.15, 0.2) is 18.2 Å². The molecule has 15 heavy (non-hydrogen) atoms. The van der Waals surface area contributed by atoms with Gasteiger partial charge in [-0.2, -0.15) is 0 Å². The predicted molar refractivity (Wildman–Crippen MR) is 59.4 cm³/mol. The highest BCUT2D eigenvalue weighted by Gasteiger charge is 1.99. The SMILES string of the molecule is Cc1cc(F)ccc1CCNCCCO. The van der Waals surface area contributed by atoms with Crippen molar-refractivity contribution in [3.05, 3.63) is 35.1 Å². The highest BCUT2D eigenvalue weighted by Crippen LogP contribution is 2.10. The van der Waals surface area contributed by atoms with Crippen molar-refractivity contribution >= 4 is 0 Å². The summed E-state index contributed by atoms with van der Waals surface area (Å²) < 4.78 is 12.8. The molecule has 0 saturated heterocycles. The monoisotopic (exact) mass is 211 g/mol. The number of aliphatic hydroxyl groups is 1. The van der Waals surface area contributed by atoms with Crippen LogP contribution in [-0.2, 0) is 6.42 Å². The molecule has 3 heteroatoms. The van der Waals surface area contributed by atoms with Gasteiger partial charge in [-0.1, -0.05) is 6.07 Å². The highest BCUT2D eigenvalue weighted by atomic mass is 19.1. The highest BCUT2D eigenvalue weighted by molar-refractivity contribution is 5.26. The molecule has 0 spiro atoms. The zero-order valence-corrected chi connectivity index (χ0v) is 9.09. The van der Waals surface area contributed by atoms with Gasteiger partial charge < -0.3 is 10.4 Å². The van der Waals surface area contributed by atoms with Crippen molar-refractivity contribution in [2.45, 2.75) is 19.8 Å². The topological polar surface area (TPSA) is 32.3 Å². The maximum absolute atomic E-state index is 12.8. The van der Waals surface area contributed by atoms with Gasteiger partial charge in [0.05, 0.1) is 0 Å². The molecule has 0 radical (unpaired) electrons. The van der Waals surface area contributed by atoms with Crippen LogP contribution in [0.3, 0.4) is 0 Å². The second-order valence-electron chi connectivity index (χ2n) is 3.65. The van der Waals surface area contributed by atoms with E-state index in [1.165, 1.54) is 11.6 Å². The number of nitrogens with one attached hydrogen (secondary N) is 1. The first-order valence-electron chi connectivity index (χ1n) is 5.30. The maximum atomic E-state index is 12.8. The number of halogens is 1. The first-order valence-corrected chi connectivity index (χ1v) is 5.30. The van der Waals surface area contributed by atoms with E-state index in [2.05, 4.69) is 5.32 Å². The zero-order valence-electron chi connectivity index (χ0n) is 9.09. The van der Waals surface area contributed by atoms with Gasteiger partial charge in [0.1, 0.15) is 5.82 Å². The van der Waals surface area contributed by atoms with Crippen molar-refractivity contribution in [1.82, 2.24) is 5.32 Å². The molecule has 2 N–H and O–H groups in total. The Balaban J connectivity index is 2.31. The molecule has 1 aromatic carbocycles. The fourth-order valence-corrected chi connectivity index (χ4v) is 1.49. The molecule has 0 saturated carbocycles. The molecule has 0 aliphatic carbocycles. The van der Waals surface area contributed by atoms with Crippen LogP contribution in [0.5, 0.6) is 0 Å². The van der Waals surface area contributed by atoms with Crippen LogP contribution in [0, 0.1) is 12.7 Å². The smallest absolute Gasteiger partial charge is 0.123 e. The molecule has 0 amide bonds. The molecular weight excluding hydrogens is 193 g/mol. The van der Waals surface area contributed by atoms with Crippen molar-refractivity contribution < 1.29 is 9.50 Å². The molecule has 1 aromatic rings. The van der Waals surface area contributed by atoms with Gasteiger partial charge >= 0.3 is 0 Å². The van der Waals surface area contributed by atoms with E-state index in [1.807, 2.05) is 13.0 Å². The zero-order chi connectivity index (χ0) is 11.1. The van der Waals surface area contributed by atoms with Crippen molar-refractivity contribution in [2.24, 2.45) is 0 Å². The van der Waals surface area contributed by atoms with Crippen molar-refractivity contribution in [3.63, 3.8) is 0 Å². The van der Waals surface area contributed by atoms with Gasteiger partial charge in [0, 0.05) is 6.61 Å². The Bertz CT molecular complexity index is 302. The number of rotatable bonds is 6. The van der Waals surface area contributed by atoms with E-state index in [-0.39, 0.29) is 12.4 Å². The predicted octanol–water partition coefficient (Wildman–Crippen LogP) is 1.65. The lowest BCUT2D eigenvalue weighted by atomic mass is 10.1. The van der Waals surface area contributed by atoms with Gasteiger partial charge in [0.15, 0.2) is 0 Å². The summed E-state index contributed by atoms with van der Waals surface area (Å²) in [5.74, 6) is -0.176. The maximum Gasteiger partial charge on any atom is 0.123 e. The van der Waals surface area contributed by atoms with E-state index in [1.54, 1.807) is 6.07 Å². The standard InChI is InChI=1S/C12H18FNO/c1-10-9-12(13)4-3-11(10)5-7-14-6-2-8-15/h3-4,9,14-15H,2,5-8H2,1H3. The van der Waals surface area contributed by atoms with E-state index < -0.39 is 0 Å². The van der Waals surface area contributed by atoms with Crippen LogP contribution >= 0.6 is 0 Å². The van der Waals surface area contributed by atoms with E-state index in [9.17, 15) is 4.39 Å². The Labute approximate surface area is 90.1 Å². The minimum atomic E-state index is -0.176. The minimum absolute atomic E-state index is 0.176. The van der Waals surface area contributed by atoms with Crippen LogP contribution in [0.25, 0.3) is 0 Å². The number of aryl methyl sites for hydroxylation is 1. The molecule has 2 nitrogen and oxygen atoms in total. The number of hydrogen-bond donors (Lipinski definition) is 2. The first kappa shape index (κ1) is 12.1. The normalized spacial score (nSPS) is 10.6. The van der Waals surface area contributed by atoms with E-state index in [0.29, 0.717) is 0 Å². The quantitative estimate of drug-likeness (QED) is 0.701. The second kappa shape index (κ2) is 6.53. The summed E-state index contributed by atoms with van der Waals surface area (Å²) in [7, 11) is 0. The summed E-state index contributed by atoms with van der Waals surface area (Å²) >= 11 is 0. The Morgan fingerprint density at radius 2 is 2.13 bits per heavy atom. The van der Waals surface area contributed by atoms with E-state index >= 15 is 0 Å². The van der Waals surface area contributed by atoms with Gasteiger partial charge in [-0.15, -0.1) is 0 Å². The summed E-state index contributed by atoms with van der Waals surface area (Å²) in [5.41, 5.74) is 2.17. The number of hydrogen-bond acceptors (Lipinski definition) is 2. The lowest BCUT2D eigenvalue weighted by molar-refractivity contribution is 0.286. The fraction of sp³-hybridized carbons (Fsp3) is 0.500. The van der Waals surface area contributed by atoms with Gasteiger partial charge in [0.2, 0.25) is 0 Å². The lowest BCUT2D eigenvalue weighted by Crippen LogP contribution is -2.19. The number of benzene rings is 1. The third-order valence-electron chi connectivity index (χ3n) is 2.39. The van der Waals surface area contributed by atoms with E-state index in [0.717, 1.165) is 31.5 Å². The summed E-state index contributed by atoms with van der Waals surface area (Å²) in [6, 6.07) is 4.89. The molecular formula is C12H18FNO. The van der Waals surface area contributed by atoms with Crippen LogP contribution in [0.2, 0.25) is 0 Å². The lowest BCUT2D eigenvalue weighted by Gasteiger charge is -2.06. The molecule has 0 aliphatic rings. The minimum Gasteiger partial charge on any atom is -0.396 e. The molecule has 0 heterocycles. The summed E-state index contributed by atoms with van der Waals surface area (Å²) in [4.78, 5) is 0. The summed E-state index contributed by atoms with van der Waals surface area (Å²) in [6.07, 6.45) is 1.68. The fourth-order valence-electron chi connectivity index (χ4n) is 1.49. The van der Waals surface area contributed by atoms with Crippen molar-refractivity contribution in [2.75, 3.05) is 19.7 Å². The molecule has 1 rings (SSSR count). The average molecular weight is 211 g/mol. The largest absolute Gasteiger partial charge is 0.396 e. The van der Waals surface area contributed by atoms with E-state index in [4.69, 9.17) is 5.11 Å². The average Bonchev–Trinajstić information content (AvgIpc) is 2.20. The van der Waals surface area contributed by atoms with Gasteiger partial charge in [-0.3, -0.25) is 0 Å². The van der Waals surface area contributed by atoms with Crippen LogP contribution in [-0.4, -0.2) is 24.8 Å². The Morgan fingerprint density at radius 3 is 2.80 bits per heavy atom. The third kappa shape index (κ3) is 4.40. The van der Waals surface area contributed by atoms with Gasteiger partial charge in [0.25, 0.3) is 0 Å². The molecule has 0 unspecified atom stereocenters. The Hall–Kier alpha value is -0.930. The molecule has 0 aliphatic heterocycles. The molecule has 0 bridgehead atoms. The molecule has 84 valence electrons. The molecule has 0 atom stereocenters.